The number of nitrogens with zero attached hydrogens (tertiary/aromatic N) is 2. The molecule has 6 heteroatoms. The molecule has 0 spiro atoms. The Morgan fingerprint density at radius 2 is 2.26 bits per heavy atom. The number of likely N-dealkylation sites (tertiary alicyclic amines) is 1. The number of carboxylic acid groups (broad SMARTS) is 1. The zero-order chi connectivity index (χ0) is 14.0. The molecule has 0 radical (unpaired) electrons. The van der Waals surface area contributed by atoms with Crippen molar-refractivity contribution in [2.45, 2.75) is 32.2 Å². The van der Waals surface area contributed by atoms with Crippen LogP contribution in [0, 0.1) is 0 Å². The molecule has 1 unspecified atom stereocenters. The number of carbonyl (C=O) groups excluding carboxylic acids is 1. The zero-order valence-electron chi connectivity index (χ0n) is 10.6. The van der Waals surface area contributed by atoms with Gasteiger partial charge < -0.3 is 10.0 Å². The van der Waals surface area contributed by atoms with Gasteiger partial charge in [0, 0.05) is 17.8 Å². The van der Waals surface area contributed by atoms with Crippen molar-refractivity contribution in [3.8, 4) is 0 Å². The molecule has 5 nitrogen and oxygen atoms in total. The predicted molar refractivity (Wildman–Crippen MR) is 70.3 cm³/mol. The molecule has 1 amide bonds. The van der Waals surface area contributed by atoms with Gasteiger partial charge in [0.2, 0.25) is 0 Å². The van der Waals surface area contributed by atoms with Gasteiger partial charge in [-0.1, -0.05) is 18.5 Å². The van der Waals surface area contributed by atoms with Gasteiger partial charge in [0.1, 0.15) is 11.2 Å². The first-order valence-corrected chi connectivity index (χ1v) is 6.61. The van der Waals surface area contributed by atoms with E-state index in [0.29, 0.717) is 31.4 Å². The van der Waals surface area contributed by atoms with Crippen LogP contribution in [-0.4, -0.2) is 39.5 Å². The van der Waals surface area contributed by atoms with Gasteiger partial charge in [-0.3, -0.25) is 4.79 Å². The number of aromatic nitrogens is 1. The SMILES string of the molecule is CCc1cc(C(=O)N2CCCC2C(=O)O)cc(Cl)n1. The molecule has 102 valence electrons. The summed E-state index contributed by atoms with van der Waals surface area (Å²) in [6, 6.07) is 2.43. The minimum Gasteiger partial charge on any atom is -0.480 e. The number of rotatable bonds is 3. The number of hydrogen-bond acceptors (Lipinski definition) is 3. The second-order valence-electron chi connectivity index (χ2n) is 4.52. The van der Waals surface area contributed by atoms with E-state index in [1.165, 1.54) is 11.0 Å². The molecule has 19 heavy (non-hydrogen) atoms. The van der Waals surface area contributed by atoms with Crippen molar-refractivity contribution < 1.29 is 14.7 Å². The molecule has 1 N–H and O–H groups in total. The molecule has 2 rings (SSSR count). The van der Waals surface area contributed by atoms with E-state index in [4.69, 9.17) is 16.7 Å². The first kappa shape index (κ1) is 13.8. The fraction of sp³-hybridized carbons (Fsp3) is 0.462. The Bertz CT molecular complexity index is 519. The van der Waals surface area contributed by atoms with Gasteiger partial charge in [-0.15, -0.1) is 0 Å². The summed E-state index contributed by atoms with van der Waals surface area (Å²) in [5.41, 5.74) is 1.13. The minimum atomic E-state index is -0.957. The van der Waals surface area contributed by atoms with Gasteiger partial charge in [-0.25, -0.2) is 9.78 Å². The summed E-state index contributed by atoms with van der Waals surface area (Å²) in [4.78, 5) is 29.0. The number of pyridine rings is 1. The van der Waals surface area contributed by atoms with Crippen LogP contribution in [0.5, 0.6) is 0 Å². The topological polar surface area (TPSA) is 70.5 Å². The number of halogens is 1. The summed E-state index contributed by atoms with van der Waals surface area (Å²) in [6.45, 7) is 2.39. The average Bonchev–Trinajstić information content (AvgIpc) is 2.86. The Balaban J connectivity index is 2.28. The van der Waals surface area contributed by atoms with Crippen molar-refractivity contribution in [2.24, 2.45) is 0 Å². The lowest BCUT2D eigenvalue weighted by Gasteiger charge is -2.21. The summed E-state index contributed by atoms with van der Waals surface area (Å²) < 4.78 is 0. The summed E-state index contributed by atoms with van der Waals surface area (Å²) >= 11 is 5.88. The maximum atomic E-state index is 12.4. The van der Waals surface area contributed by atoms with Gasteiger partial charge in [-0.05, 0) is 31.4 Å². The predicted octanol–water partition coefficient (Wildman–Crippen LogP) is 1.99. The molecule has 1 aliphatic heterocycles. The number of aliphatic carboxylic acids is 1. The summed E-state index contributed by atoms with van der Waals surface area (Å²) in [5.74, 6) is -1.24. The summed E-state index contributed by atoms with van der Waals surface area (Å²) in [7, 11) is 0. The Morgan fingerprint density at radius 3 is 2.89 bits per heavy atom. The molecule has 2 heterocycles. The standard InChI is InChI=1S/C13H15ClN2O3/c1-2-9-6-8(7-11(14)15-9)12(17)16-5-3-4-10(16)13(18)19/h6-7,10H,2-5H2,1H3,(H,18,19). The van der Waals surface area contributed by atoms with Crippen molar-refractivity contribution in [3.63, 3.8) is 0 Å². The molecular formula is C13H15ClN2O3. The smallest absolute Gasteiger partial charge is 0.326 e. The van der Waals surface area contributed by atoms with Gasteiger partial charge in [0.25, 0.3) is 5.91 Å². The van der Waals surface area contributed by atoms with Crippen LogP contribution in [0.3, 0.4) is 0 Å². The van der Waals surface area contributed by atoms with Gasteiger partial charge in [0.15, 0.2) is 0 Å². The third kappa shape index (κ3) is 2.87. The van der Waals surface area contributed by atoms with E-state index in [-0.39, 0.29) is 11.1 Å². The second-order valence-corrected chi connectivity index (χ2v) is 4.91. The van der Waals surface area contributed by atoms with Crippen molar-refractivity contribution in [3.05, 3.63) is 28.5 Å². The normalized spacial score (nSPS) is 18.6. The van der Waals surface area contributed by atoms with Crippen LogP contribution in [-0.2, 0) is 11.2 Å². The van der Waals surface area contributed by atoms with Crippen LogP contribution in [0.1, 0.15) is 35.8 Å². The third-order valence-electron chi connectivity index (χ3n) is 3.26. The Kier molecular flexibility index (Phi) is 4.04. The Hall–Kier alpha value is -1.62. The number of amides is 1. The lowest BCUT2D eigenvalue weighted by Crippen LogP contribution is -2.40. The van der Waals surface area contributed by atoms with E-state index < -0.39 is 12.0 Å². The molecule has 0 aromatic carbocycles. The van der Waals surface area contributed by atoms with Crippen molar-refractivity contribution in [2.75, 3.05) is 6.54 Å². The molecule has 0 bridgehead atoms. The van der Waals surface area contributed by atoms with E-state index in [2.05, 4.69) is 4.98 Å². The van der Waals surface area contributed by atoms with Crippen LogP contribution < -0.4 is 0 Å². The largest absolute Gasteiger partial charge is 0.480 e. The summed E-state index contributed by atoms with van der Waals surface area (Å²) in [5, 5.41) is 9.36. The monoisotopic (exact) mass is 282 g/mol. The summed E-state index contributed by atoms with van der Waals surface area (Å²) in [6.07, 6.45) is 1.88. The fourth-order valence-electron chi connectivity index (χ4n) is 2.29. The van der Waals surface area contributed by atoms with Crippen LogP contribution >= 0.6 is 11.6 Å². The van der Waals surface area contributed by atoms with E-state index in [1.807, 2.05) is 6.92 Å². The van der Waals surface area contributed by atoms with Crippen LogP contribution in [0.2, 0.25) is 5.15 Å². The van der Waals surface area contributed by atoms with Crippen LogP contribution in [0.25, 0.3) is 0 Å². The molecule has 1 fully saturated rings. The van der Waals surface area contributed by atoms with E-state index in [0.717, 1.165) is 5.69 Å². The van der Waals surface area contributed by atoms with Crippen LogP contribution in [0.15, 0.2) is 12.1 Å². The average molecular weight is 283 g/mol. The first-order valence-electron chi connectivity index (χ1n) is 6.23. The second kappa shape index (κ2) is 5.57. The number of aryl methyl sites for hydroxylation is 1. The molecule has 1 aromatic rings. The van der Waals surface area contributed by atoms with E-state index in [1.54, 1.807) is 6.07 Å². The van der Waals surface area contributed by atoms with Gasteiger partial charge in [0.05, 0.1) is 0 Å². The molecule has 1 atom stereocenters. The highest BCUT2D eigenvalue weighted by molar-refractivity contribution is 6.29. The molecule has 1 saturated heterocycles. The maximum Gasteiger partial charge on any atom is 0.326 e. The molecular weight excluding hydrogens is 268 g/mol. The fourth-order valence-corrected chi connectivity index (χ4v) is 2.51. The van der Waals surface area contributed by atoms with Crippen molar-refractivity contribution in [1.82, 2.24) is 9.88 Å². The van der Waals surface area contributed by atoms with Crippen molar-refractivity contribution in [1.29, 1.82) is 0 Å². The number of carbonyl (C=O) groups is 2. The van der Waals surface area contributed by atoms with Crippen molar-refractivity contribution >= 4 is 23.5 Å². The first-order chi connectivity index (χ1) is 9.02. The lowest BCUT2D eigenvalue weighted by molar-refractivity contribution is -0.141. The van der Waals surface area contributed by atoms with E-state index in [9.17, 15) is 9.59 Å². The Morgan fingerprint density at radius 1 is 1.53 bits per heavy atom. The molecule has 0 saturated carbocycles. The Labute approximate surface area is 116 Å². The molecule has 1 aliphatic rings. The van der Waals surface area contributed by atoms with Gasteiger partial charge >= 0.3 is 5.97 Å². The molecule has 0 aliphatic carbocycles. The van der Waals surface area contributed by atoms with Crippen LogP contribution in [0.4, 0.5) is 0 Å². The minimum absolute atomic E-state index is 0.258. The zero-order valence-corrected chi connectivity index (χ0v) is 11.4. The third-order valence-corrected chi connectivity index (χ3v) is 3.45. The lowest BCUT2D eigenvalue weighted by atomic mass is 10.1. The highest BCUT2D eigenvalue weighted by atomic mass is 35.5. The highest BCUT2D eigenvalue weighted by Crippen LogP contribution is 2.22. The van der Waals surface area contributed by atoms with E-state index >= 15 is 0 Å². The maximum absolute atomic E-state index is 12.4. The highest BCUT2D eigenvalue weighted by Gasteiger charge is 2.34. The molecule has 1 aromatic heterocycles. The number of hydrogen-bond donors (Lipinski definition) is 1. The number of carboxylic acids is 1. The quantitative estimate of drug-likeness (QED) is 0.861. The van der Waals surface area contributed by atoms with Gasteiger partial charge in [-0.2, -0.15) is 0 Å².